The van der Waals surface area contributed by atoms with Crippen molar-refractivity contribution in [3.05, 3.63) is 42.0 Å². The smallest absolute Gasteiger partial charge is 0.135 e. The third-order valence-corrected chi connectivity index (χ3v) is 3.09. The molecule has 2 rings (SSSR count). The lowest BCUT2D eigenvalue weighted by Gasteiger charge is -2.16. The Labute approximate surface area is 119 Å². The number of aromatic nitrogens is 3. The summed E-state index contributed by atoms with van der Waals surface area (Å²) < 4.78 is 0. The van der Waals surface area contributed by atoms with E-state index in [1.54, 1.807) is 12.4 Å². The molecule has 0 amide bonds. The van der Waals surface area contributed by atoms with Crippen LogP contribution in [0, 0.1) is 0 Å². The number of rotatable bonds is 5. The molecular weight excluding hydrogens is 250 g/mol. The zero-order valence-corrected chi connectivity index (χ0v) is 12.4. The first-order valence-electron chi connectivity index (χ1n) is 6.83. The number of anilines is 2. The number of hydrogen-bond donors (Lipinski definition) is 2. The molecule has 2 N–H and O–H groups in total. The van der Waals surface area contributed by atoms with Crippen molar-refractivity contribution in [3.8, 4) is 0 Å². The molecule has 0 saturated carbocycles. The van der Waals surface area contributed by atoms with Crippen LogP contribution in [0.15, 0.2) is 30.6 Å². The van der Waals surface area contributed by atoms with Crippen LogP contribution < -0.4 is 10.6 Å². The maximum absolute atomic E-state index is 4.57. The second-order valence-electron chi connectivity index (χ2n) is 5.05. The van der Waals surface area contributed by atoms with Crippen LogP contribution in [-0.4, -0.2) is 22.0 Å². The monoisotopic (exact) mass is 271 g/mol. The molecule has 0 spiro atoms. The number of hydrogen-bond acceptors (Lipinski definition) is 5. The molecule has 0 aliphatic rings. The molecule has 0 aliphatic heterocycles. The summed E-state index contributed by atoms with van der Waals surface area (Å²) in [5.74, 6) is 2.78. The largest absolute Gasteiger partial charge is 0.373 e. The fraction of sp³-hybridized carbons (Fsp3) is 0.400. The van der Waals surface area contributed by atoms with Crippen LogP contribution in [0.2, 0.25) is 0 Å². The van der Waals surface area contributed by atoms with Crippen molar-refractivity contribution in [2.45, 2.75) is 32.7 Å². The fourth-order valence-electron chi connectivity index (χ4n) is 1.88. The maximum Gasteiger partial charge on any atom is 0.135 e. The highest BCUT2D eigenvalue weighted by atomic mass is 15.1. The van der Waals surface area contributed by atoms with Gasteiger partial charge in [-0.05, 0) is 24.6 Å². The molecule has 0 aromatic carbocycles. The maximum atomic E-state index is 4.57. The molecule has 20 heavy (non-hydrogen) atoms. The van der Waals surface area contributed by atoms with Crippen molar-refractivity contribution in [3.63, 3.8) is 0 Å². The minimum absolute atomic E-state index is 0.164. The summed E-state index contributed by atoms with van der Waals surface area (Å²) in [5, 5.41) is 6.48. The van der Waals surface area contributed by atoms with Crippen LogP contribution in [0.3, 0.4) is 0 Å². The zero-order chi connectivity index (χ0) is 14.5. The van der Waals surface area contributed by atoms with E-state index >= 15 is 0 Å². The van der Waals surface area contributed by atoms with Gasteiger partial charge in [-0.3, -0.25) is 4.98 Å². The Morgan fingerprint density at radius 2 is 1.65 bits per heavy atom. The molecule has 1 unspecified atom stereocenters. The van der Waals surface area contributed by atoms with E-state index in [9.17, 15) is 0 Å². The van der Waals surface area contributed by atoms with Crippen molar-refractivity contribution < 1.29 is 0 Å². The van der Waals surface area contributed by atoms with Gasteiger partial charge in [0.15, 0.2) is 0 Å². The Bertz CT molecular complexity index is 553. The second kappa shape index (κ2) is 6.32. The zero-order valence-electron chi connectivity index (χ0n) is 12.4. The summed E-state index contributed by atoms with van der Waals surface area (Å²) in [6.07, 6.45) is 3.60. The first-order valence-corrected chi connectivity index (χ1v) is 6.83. The summed E-state index contributed by atoms with van der Waals surface area (Å²) in [6, 6.07) is 6.09. The van der Waals surface area contributed by atoms with E-state index in [2.05, 4.69) is 46.4 Å². The number of nitrogens with one attached hydrogen (secondary N) is 2. The second-order valence-corrected chi connectivity index (χ2v) is 5.05. The van der Waals surface area contributed by atoms with E-state index in [0.29, 0.717) is 5.92 Å². The topological polar surface area (TPSA) is 62.7 Å². The quantitative estimate of drug-likeness (QED) is 0.874. The summed E-state index contributed by atoms with van der Waals surface area (Å²) in [6.45, 7) is 6.28. The standard InChI is InChI=1S/C15H21N5/c1-10(2)15-19-13(16-4)9-14(20-15)18-11(3)12-5-7-17-8-6-12/h5-11H,1-4H3,(H2,16,18,19,20). The summed E-state index contributed by atoms with van der Waals surface area (Å²) in [5.41, 5.74) is 1.18. The Morgan fingerprint density at radius 3 is 2.25 bits per heavy atom. The first-order chi connectivity index (χ1) is 9.60. The summed E-state index contributed by atoms with van der Waals surface area (Å²) >= 11 is 0. The van der Waals surface area contributed by atoms with Crippen molar-refractivity contribution in [2.24, 2.45) is 0 Å². The Morgan fingerprint density at radius 1 is 1.00 bits per heavy atom. The van der Waals surface area contributed by atoms with E-state index in [1.807, 2.05) is 25.2 Å². The molecule has 0 bridgehead atoms. The first kappa shape index (κ1) is 14.2. The Kier molecular flexibility index (Phi) is 4.50. The molecular formula is C15H21N5. The third-order valence-electron chi connectivity index (χ3n) is 3.09. The van der Waals surface area contributed by atoms with Gasteiger partial charge >= 0.3 is 0 Å². The van der Waals surface area contributed by atoms with Crippen molar-refractivity contribution in [2.75, 3.05) is 17.7 Å². The van der Waals surface area contributed by atoms with Gasteiger partial charge in [0, 0.05) is 31.4 Å². The summed E-state index contributed by atoms with van der Waals surface area (Å²) in [7, 11) is 1.86. The lowest BCUT2D eigenvalue weighted by atomic mass is 10.1. The number of nitrogens with zero attached hydrogens (tertiary/aromatic N) is 3. The van der Waals surface area contributed by atoms with Gasteiger partial charge in [0.1, 0.15) is 17.5 Å². The Balaban J connectivity index is 2.22. The predicted molar refractivity (Wildman–Crippen MR) is 81.9 cm³/mol. The van der Waals surface area contributed by atoms with Gasteiger partial charge in [-0.15, -0.1) is 0 Å². The highest BCUT2D eigenvalue weighted by molar-refractivity contribution is 5.48. The van der Waals surface area contributed by atoms with Crippen molar-refractivity contribution in [1.29, 1.82) is 0 Å². The molecule has 2 aromatic rings. The van der Waals surface area contributed by atoms with Crippen LogP contribution in [0.4, 0.5) is 11.6 Å². The Hall–Kier alpha value is -2.17. The minimum atomic E-state index is 0.164. The van der Waals surface area contributed by atoms with Crippen LogP contribution in [0.25, 0.3) is 0 Å². The minimum Gasteiger partial charge on any atom is -0.373 e. The van der Waals surface area contributed by atoms with Crippen molar-refractivity contribution in [1.82, 2.24) is 15.0 Å². The van der Waals surface area contributed by atoms with Crippen LogP contribution in [-0.2, 0) is 0 Å². The van der Waals surface area contributed by atoms with E-state index in [1.165, 1.54) is 5.56 Å². The molecule has 0 fully saturated rings. The highest BCUT2D eigenvalue weighted by Gasteiger charge is 2.10. The number of pyridine rings is 1. The normalized spacial score (nSPS) is 12.2. The van der Waals surface area contributed by atoms with Gasteiger partial charge < -0.3 is 10.6 Å². The molecule has 2 heterocycles. The van der Waals surface area contributed by atoms with Crippen LogP contribution >= 0.6 is 0 Å². The summed E-state index contributed by atoms with van der Waals surface area (Å²) in [4.78, 5) is 13.1. The molecule has 5 heteroatoms. The van der Waals surface area contributed by atoms with Gasteiger partial charge in [0.2, 0.25) is 0 Å². The van der Waals surface area contributed by atoms with E-state index in [4.69, 9.17) is 0 Å². The predicted octanol–water partition coefficient (Wildman–Crippen LogP) is 3.21. The average molecular weight is 271 g/mol. The lowest BCUT2D eigenvalue weighted by molar-refractivity contribution is 0.769. The van der Waals surface area contributed by atoms with Crippen molar-refractivity contribution >= 4 is 11.6 Å². The molecule has 0 radical (unpaired) electrons. The van der Waals surface area contributed by atoms with Gasteiger partial charge in [0.05, 0.1) is 6.04 Å². The van der Waals surface area contributed by atoms with E-state index < -0.39 is 0 Å². The molecule has 106 valence electrons. The molecule has 2 aromatic heterocycles. The SMILES string of the molecule is CNc1cc(NC(C)c2ccncc2)nc(C(C)C)n1. The van der Waals surface area contributed by atoms with Crippen LogP contribution in [0.1, 0.15) is 44.1 Å². The lowest BCUT2D eigenvalue weighted by Crippen LogP contribution is -2.11. The molecule has 0 aliphatic carbocycles. The van der Waals surface area contributed by atoms with E-state index in [0.717, 1.165) is 17.5 Å². The molecule has 1 atom stereocenters. The van der Waals surface area contributed by atoms with Gasteiger partial charge in [-0.2, -0.15) is 0 Å². The molecule has 0 saturated heterocycles. The highest BCUT2D eigenvalue weighted by Crippen LogP contribution is 2.21. The van der Waals surface area contributed by atoms with Crippen LogP contribution in [0.5, 0.6) is 0 Å². The molecule has 5 nitrogen and oxygen atoms in total. The average Bonchev–Trinajstić information content (AvgIpc) is 2.47. The van der Waals surface area contributed by atoms with E-state index in [-0.39, 0.29) is 6.04 Å². The van der Waals surface area contributed by atoms with Gasteiger partial charge in [-0.1, -0.05) is 13.8 Å². The fourth-order valence-corrected chi connectivity index (χ4v) is 1.88. The van der Waals surface area contributed by atoms with Gasteiger partial charge in [0.25, 0.3) is 0 Å². The third kappa shape index (κ3) is 3.44. The van der Waals surface area contributed by atoms with Gasteiger partial charge in [-0.25, -0.2) is 9.97 Å².